The molecule has 1 aromatic carbocycles. The Labute approximate surface area is 105 Å². The number of likely N-dealkylation sites (N-methyl/N-ethyl adjacent to an activating group) is 1. The van der Waals surface area contributed by atoms with Gasteiger partial charge < -0.3 is 14.8 Å². The fourth-order valence-electron chi connectivity index (χ4n) is 1.67. The molecule has 0 spiro atoms. The van der Waals surface area contributed by atoms with Gasteiger partial charge in [-0.2, -0.15) is 0 Å². The zero-order valence-electron chi connectivity index (χ0n) is 10.2. The first kappa shape index (κ1) is 13.3. The van der Waals surface area contributed by atoms with Crippen LogP contribution in [0.15, 0.2) is 10.5 Å². The molecule has 90 valence electrons. The molecule has 16 heavy (non-hydrogen) atoms. The van der Waals surface area contributed by atoms with Crippen molar-refractivity contribution < 1.29 is 9.47 Å². The van der Waals surface area contributed by atoms with Gasteiger partial charge in [-0.05, 0) is 33.0 Å². The molecule has 0 unspecified atom stereocenters. The van der Waals surface area contributed by atoms with Gasteiger partial charge in [0.1, 0.15) is 0 Å². The van der Waals surface area contributed by atoms with Crippen LogP contribution in [0.1, 0.15) is 11.1 Å². The van der Waals surface area contributed by atoms with E-state index in [4.69, 9.17) is 9.47 Å². The molecule has 1 N–H and O–H groups in total. The molecule has 0 aliphatic heterocycles. The largest absolute Gasteiger partial charge is 0.493 e. The Hall–Kier alpha value is -0.740. The summed E-state index contributed by atoms with van der Waals surface area (Å²) in [6.07, 6.45) is 0.912. The van der Waals surface area contributed by atoms with Gasteiger partial charge in [-0.25, -0.2) is 0 Å². The average molecular weight is 288 g/mol. The summed E-state index contributed by atoms with van der Waals surface area (Å²) in [5.41, 5.74) is 2.21. The van der Waals surface area contributed by atoms with Crippen molar-refractivity contribution in [1.82, 2.24) is 5.32 Å². The van der Waals surface area contributed by atoms with Crippen LogP contribution in [0.2, 0.25) is 0 Å². The molecule has 1 rings (SSSR count). The van der Waals surface area contributed by atoms with Crippen molar-refractivity contribution in [2.45, 2.75) is 13.3 Å². The Morgan fingerprint density at radius 2 is 1.88 bits per heavy atom. The van der Waals surface area contributed by atoms with Crippen LogP contribution in [0.25, 0.3) is 0 Å². The highest BCUT2D eigenvalue weighted by Crippen LogP contribution is 2.38. The van der Waals surface area contributed by atoms with Gasteiger partial charge >= 0.3 is 0 Å². The molecule has 0 fully saturated rings. The molecular weight excluding hydrogens is 270 g/mol. The zero-order valence-corrected chi connectivity index (χ0v) is 11.8. The smallest absolute Gasteiger partial charge is 0.165 e. The Morgan fingerprint density at radius 3 is 2.38 bits per heavy atom. The van der Waals surface area contributed by atoms with Gasteiger partial charge in [0.15, 0.2) is 11.5 Å². The van der Waals surface area contributed by atoms with E-state index in [0.717, 1.165) is 40.1 Å². The molecule has 0 heterocycles. The SMILES string of the molecule is CNCCc1cc(Br)c(C)c(OC)c1OC. The summed E-state index contributed by atoms with van der Waals surface area (Å²) in [6.45, 7) is 2.92. The van der Waals surface area contributed by atoms with Gasteiger partial charge in [-0.3, -0.25) is 0 Å². The molecule has 0 amide bonds. The molecule has 0 aromatic heterocycles. The van der Waals surface area contributed by atoms with Crippen molar-refractivity contribution in [1.29, 1.82) is 0 Å². The van der Waals surface area contributed by atoms with Crippen molar-refractivity contribution in [3.63, 3.8) is 0 Å². The van der Waals surface area contributed by atoms with Gasteiger partial charge in [-0.1, -0.05) is 15.9 Å². The number of hydrogen-bond acceptors (Lipinski definition) is 3. The van der Waals surface area contributed by atoms with Crippen LogP contribution >= 0.6 is 15.9 Å². The van der Waals surface area contributed by atoms with Crippen molar-refractivity contribution in [2.24, 2.45) is 0 Å². The molecule has 0 atom stereocenters. The van der Waals surface area contributed by atoms with E-state index < -0.39 is 0 Å². The van der Waals surface area contributed by atoms with Crippen LogP contribution in [-0.4, -0.2) is 27.8 Å². The standard InChI is InChI=1S/C12H18BrNO2/c1-8-10(13)7-9(5-6-14-2)12(16-4)11(8)15-3/h7,14H,5-6H2,1-4H3. The summed E-state index contributed by atoms with van der Waals surface area (Å²) >= 11 is 3.54. The Kier molecular flexibility index (Phi) is 5.09. The van der Waals surface area contributed by atoms with E-state index in [1.165, 1.54) is 0 Å². The minimum Gasteiger partial charge on any atom is -0.493 e. The van der Waals surface area contributed by atoms with E-state index >= 15 is 0 Å². The number of methoxy groups -OCH3 is 2. The van der Waals surface area contributed by atoms with E-state index in [-0.39, 0.29) is 0 Å². The lowest BCUT2D eigenvalue weighted by Crippen LogP contribution is -2.11. The number of benzene rings is 1. The predicted octanol–water partition coefficient (Wildman–Crippen LogP) is 2.54. The summed E-state index contributed by atoms with van der Waals surface area (Å²) in [4.78, 5) is 0. The fourth-order valence-corrected chi connectivity index (χ4v) is 2.12. The van der Waals surface area contributed by atoms with Gasteiger partial charge in [-0.15, -0.1) is 0 Å². The topological polar surface area (TPSA) is 30.5 Å². The third-order valence-corrected chi connectivity index (χ3v) is 3.37. The number of nitrogens with one attached hydrogen (secondary N) is 1. The minimum atomic E-state index is 0.808. The van der Waals surface area contributed by atoms with Crippen molar-refractivity contribution in [2.75, 3.05) is 27.8 Å². The van der Waals surface area contributed by atoms with Crippen molar-refractivity contribution >= 4 is 15.9 Å². The molecule has 0 saturated heterocycles. The first-order valence-electron chi connectivity index (χ1n) is 5.20. The molecular formula is C12H18BrNO2. The third kappa shape index (κ3) is 2.68. The van der Waals surface area contributed by atoms with Gasteiger partial charge in [0.2, 0.25) is 0 Å². The number of ether oxygens (including phenoxy) is 2. The quantitative estimate of drug-likeness (QED) is 0.903. The first-order chi connectivity index (χ1) is 7.65. The maximum atomic E-state index is 5.43. The molecule has 0 aliphatic carbocycles. The lowest BCUT2D eigenvalue weighted by molar-refractivity contribution is 0.349. The Morgan fingerprint density at radius 1 is 1.25 bits per heavy atom. The molecule has 4 heteroatoms. The summed E-state index contributed by atoms with van der Waals surface area (Å²) in [5.74, 6) is 1.64. The molecule has 0 bridgehead atoms. The van der Waals surface area contributed by atoms with E-state index in [2.05, 4.69) is 27.3 Å². The summed E-state index contributed by atoms with van der Waals surface area (Å²) in [7, 11) is 5.28. The second kappa shape index (κ2) is 6.11. The van der Waals surface area contributed by atoms with Crippen molar-refractivity contribution in [3.05, 3.63) is 21.7 Å². The Bertz CT molecular complexity index is 367. The highest BCUT2D eigenvalue weighted by molar-refractivity contribution is 9.10. The normalized spacial score (nSPS) is 10.3. The molecule has 0 aliphatic rings. The van der Waals surface area contributed by atoms with Crippen LogP contribution in [0.5, 0.6) is 11.5 Å². The van der Waals surface area contributed by atoms with Crippen LogP contribution in [-0.2, 0) is 6.42 Å². The van der Waals surface area contributed by atoms with E-state index in [0.29, 0.717) is 0 Å². The zero-order chi connectivity index (χ0) is 12.1. The highest BCUT2D eigenvalue weighted by Gasteiger charge is 2.15. The number of hydrogen-bond donors (Lipinski definition) is 1. The second-order valence-electron chi connectivity index (χ2n) is 3.56. The monoisotopic (exact) mass is 287 g/mol. The fraction of sp³-hybridized carbons (Fsp3) is 0.500. The summed E-state index contributed by atoms with van der Waals surface area (Å²) in [6, 6.07) is 2.09. The van der Waals surface area contributed by atoms with Gasteiger partial charge in [0.25, 0.3) is 0 Å². The molecule has 0 radical (unpaired) electrons. The van der Waals surface area contributed by atoms with E-state index in [1.54, 1.807) is 14.2 Å². The lowest BCUT2D eigenvalue weighted by Gasteiger charge is -2.16. The lowest BCUT2D eigenvalue weighted by atomic mass is 10.1. The van der Waals surface area contributed by atoms with E-state index in [9.17, 15) is 0 Å². The maximum Gasteiger partial charge on any atom is 0.165 e. The Balaban J connectivity index is 3.20. The number of rotatable bonds is 5. The highest BCUT2D eigenvalue weighted by atomic mass is 79.9. The molecule has 0 saturated carbocycles. The summed E-state index contributed by atoms with van der Waals surface area (Å²) < 4.78 is 11.9. The average Bonchev–Trinajstić information content (AvgIpc) is 2.29. The maximum absolute atomic E-state index is 5.43. The second-order valence-corrected chi connectivity index (χ2v) is 4.42. The van der Waals surface area contributed by atoms with Crippen LogP contribution < -0.4 is 14.8 Å². The van der Waals surface area contributed by atoms with Gasteiger partial charge in [0, 0.05) is 15.6 Å². The van der Waals surface area contributed by atoms with Crippen LogP contribution in [0.3, 0.4) is 0 Å². The van der Waals surface area contributed by atoms with Gasteiger partial charge in [0.05, 0.1) is 14.2 Å². The van der Waals surface area contributed by atoms with E-state index in [1.807, 2.05) is 14.0 Å². The molecule has 1 aromatic rings. The summed E-state index contributed by atoms with van der Waals surface area (Å²) in [5, 5.41) is 3.13. The van der Waals surface area contributed by atoms with Crippen molar-refractivity contribution in [3.8, 4) is 11.5 Å². The molecule has 3 nitrogen and oxygen atoms in total. The third-order valence-electron chi connectivity index (χ3n) is 2.55. The minimum absolute atomic E-state index is 0.808. The predicted molar refractivity (Wildman–Crippen MR) is 69.6 cm³/mol. The first-order valence-corrected chi connectivity index (χ1v) is 5.99. The van der Waals surface area contributed by atoms with Crippen LogP contribution in [0.4, 0.5) is 0 Å². The van der Waals surface area contributed by atoms with Crippen LogP contribution in [0, 0.1) is 6.92 Å². The number of halogens is 1.